The van der Waals surface area contributed by atoms with Crippen molar-refractivity contribution >= 4 is 11.7 Å². The molecule has 1 unspecified atom stereocenters. The Morgan fingerprint density at radius 1 is 1.06 bits per heavy atom. The first-order valence-electron chi connectivity index (χ1n) is 25.2. The van der Waals surface area contributed by atoms with Gasteiger partial charge in [0.05, 0.1) is 18.1 Å². The summed E-state index contributed by atoms with van der Waals surface area (Å²) in [7, 11) is 1.71. The molecule has 7 rings (SSSR count). The van der Waals surface area contributed by atoms with E-state index in [0.717, 1.165) is 86.9 Å². The van der Waals surface area contributed by atoms with Crippen molar-refractivity contribution in [1.29, 1.82) is 0 Å². The average Bonchev–Trinajstić information content (AvgIpc) is 4.11. The number of hydrogen-bond acceptors (Lipinski definition) is 9. The Kier molecular flexibility index (Phi) is 17.5. The van der Waals surface area contributed by atoms with E-state index in [-0.39, 0.29) is 25.1 Å². The Labute approximate surface area is 384 Å². The van der Waals surface area contributed by atoms with Gasteiger partial charge in [-0.25, -0.2) is 0 Å². The number of aryl methyl sites for hydroxylation is 1. The molecule has 2 heterocycles. The van der Waals surface area contributed by atoms with Crippen LogP contribution in [0, 0.1) is 52.9 Å². The number of aliphatic imine (C=N–C) groups is 2. The van der Waals surface area contributed by atoms with Gasteiger partial charge in [-0.1, -0.05) is 45.1 Å². The van der Waals surface area contributed by atoms with Crippen LogP contribution >= 0.6 is 0 Å². The molecule has 4 saturated carbocycles. The standard InChI is InChI=1S/C52H82N6O6/c1-33(28-57-51(54)55-3)13-16-36-17-18-39(53)24-37(36)9-4-5-12-49-38(31-59)25-40(64-49)19-14-35-15-20-47(61)50(23-35)63-32-48(62)45-26-42-43(30-56-29-34(2)60)41-10-8-11-44(41)52(21-6-7-22-52)27-46(42)58-45/h15,20,23,25-26,33-34,36-37,39,41,43-44,48-49,56,59-60,62,64H,4-14,16-19,21-22,24,27-32,53H2,1-3H3,(H3-,54,55,57,61)/p+1/t33-,34+,36-,37-,39-,41+,43+,44+,48+,49?/m1/s1. The summed E-state index contributed by atoms with van der Waals surface area (Å²) in [5, 5.41) is 49.4. The molecule has 0 saturated heterocycles. The number of unbranched alkanes of at least 4 members (excludes halogenated alkanes) is 1. The molecule has 64 heavy (non-hydrogen) atoms. The topological polar surface area (TPSA) is 204 Å². The number of ether oxygens (including phenoxy) is 2. The van der Waals surface area contributed by atoms with Crippen molar-refractivity contribution in [3.05, 3.63) is 59.2 Å². The summed E-state index contributed by atoms with van der Waals surface area (Å²) in [6.45, 7) is 6.33. The monoisotopic (exact) mass is 888 g/mol. The summed E-state index contributed by atoms with van der Waals surface area (Å²) in [5.41, 5.74) is 16.4. The van der Waals surface area contributed by atoms with E-state index < -0.39 is 12.2 Å². The summed E-state index contributed by atoms with van der Waals surface area (Å²) in [6.07, 6.45) is 25.4. The molecule has 4 fully saturated rings. The van der Waals surface area contributed by atoms with Gasteiger partial charge in [0.2, 0.25) is 5.70 Å². The van der Waals surface area contributed by atoms with Crippen molar-refractivity contribution in [2.45, 2.75) is 160 Å². The number of aromatic hydroxyl groups is 1. The molecule has 1 spiro atoms. The summed E-state index contributed by atoms with van der Waals surface area (Å²) in [4.78, 5) is 9.16. The third kappa shape index (κ3) is 12.4. The van der Waals surface area contributed by atoms with E-state index in [0.29, 0.717) is 71.4 Å². The molecule has 1 aromatic rings. The fraction of sp³-hybridized carbons (Fsp3) is 0.731. The van der Waals surface area contributed by atoms with E-state index in [1.165, 1.54) is 76.5 Å². The second-order valence-corrected chi connectivity index (χ2v) is 20.8. The first-order chi connectivity index (χ1) is 30.9. The average molecular weight is 888 g/mol. The molecule has 1 aromatic carbocycles. The summed E-state index contributed by atoms with van der Waals surface area (Å²) >= 11 is 0. The third-order valence-electron chi connectivity index (χ3n) is 16.2. The lowest BCUT2D eigenvalue weighted by Crippen LogP contribution is -2.38. The lowest BCUT2D eigenvalue weighted by Gasteiger charge is -2.37. The number of guanidine groups is 1. The predicted molar refractivity (Wildman–Crippen MR) is 257 cm³/mol. The summed E-state index contributed by atoms with van der Waals surface area (Å²) in [6, 6.07) is 5.75. The molecule has 12 heteroatoms. The van der Waals surface area contributed by atoms with Crippen LogP contribution in [0.2, 0.25) is 0 Å². The molecule has 11 N–H and O–H groups in total. The predicted octanol–water partition coefficient (Wildman–Crippen LogP) is 6.56. The number of aliphatic hydroxyl groups excluding tert-OH is 3. The zero-order valence-electron chi connectivity index (χ0n) is 39.3. The van der Waals surface area contributed by atoms with Crippen LogP contribution < -0.4 is 26.8 Å². The number of phenols is 1. The van der Waals surface area contributed by atoms with Gasteiger partial charge in [-0.05, 0) is 137 Å². The van der Waals surface area contributed by atoms with Crippen molar-refractivity contribution in [2.75, 3.05) is 39.9 Å². The Morgan fingerprint density at radius 3 is 2.66 bits per heavy atom. The first kappa shape index (κ1) is 48.7. The first-order valence-corrected chi connectivity index (χ1v) is 25.2. The van der Waals surface area contributed by atoms with Crippen molar-refractivity contribution in [1.82, 2.24) is 10.6 Å². The maximum absolute atomic E-state index is 11.5. The Hall–Kier alpha value is -3.26. The molecule has 0 bridgehead atoms. The molecule has 10 atom stereocenters. The highest BCUT2D eigenvalue weighted by Crippen LogP contribution is 2.61. The molecule has 2 aliphatic heterocycles. The molecule has 4 aliphatic carbocycles. The van der Waals surface area contributed by atoms with Gasteiger partial charge in [0, 0.05) is 52.2 Å². The van der Waals surface area contributed by atoms with Crippen LogP contribution in [0.5, 0.6) is 11.5 Å². The third-order valence-corrected chi connectivity index (χ3v) is 16.2. The van der Waals surface area contributed by atoms with E-state index in [4.69, 9.17) is 25.9 Å². The van der Waals surface area contributed by atoms with Crippen molar-refractivity contribution < 1.29 is 29.9 Å². The van der Waals surface area contributed by atoms with Gasteiger partial charge in [0.1, 0.15) is 30.4 Å². The van der Waals surface area contributed by atoms with Gasteiger partial charge in [-0.3, -0.25) is 4.99 Å². The smallest absolute Gasteiger partial charge is 0.208 e. The zero-order chi connectivity index (χ0) is 45.2. The fourth-order valence-electron chi connectivity index (χ4n) is 12.7. The van der Waals surface area contributed by atoms with Crippen LogP contribution in [-0.2, 0) is 6.42 Å². The van der Waals surface area contributed by atoms with E-state index >= 15 is 0 Å². The number of nitrogens with two attached hydrogens (primary N) is 2. The van der Waals surface area contributed by atoms with E-state index in [2.05, 4.69) is 34.7 Å². The number of nitrogens with zero attached hydrogens (tertiary/aromatic N) is 2. The van der Waals surface area contributed by atoms with E-state index in [1.807, 2.05) is 19.1 Å². The number of aliphatic hydroxyl groups is 5. The molecule has 12 nitrogen and oxygen atoms in total. The second-order valence-electron chi connectivity index (χ2n) is 20.8. The SMILES string of the molecule is CN=C(N)NC[C@H](C)CC[C@@H]1CC[C@@H](N)C[C@H]1CCCCC1[OH+][C-](CCc2ccc(O)c(OC[C@H](O)C3=C[C+]4C(=N3)CC3(CCCC3)[C@H]3CCC[C@H]3[C@@H]4CNC[C@H](C)O)c2)C=C1CO. The van der Waals surface area contributed by atoms with Crippen LogP contribution in [0.15, 0.2) is 51.6 Å². The Morgan fingerprint density at radius 2 is 1.88 bits per heavy atom. The van der Waals surface area contributed by atoms with Gasteiger partial charge in [0.15, 0.2) is 23.6 Å². The highest BCUT2D eigenvalue weighted by Gasteiger charge is 2.58. The normalized spacial score (nSPS) is 29.2. The Bertz CT molecular complexity index is 1780. The minimum absolute atomic E-state index is 0.0116. The molecule has 0 amide bonds. The minimum Gasteiger partial charge on any atom is -0.504 e. The zero-order valence-corrected chi connectivity index (χ0v) is 39.3. The van der Waals surface area contributed by atoms with Crippen LogP contribution in [0.25, 0.3) is 0 Å². The molecule has 0 radical (unpaired) electrons. The molecule has 356 valence electrons. The largest absolute Gasteiger partial charge is 0.504 e. The second kappa shape index (κ2) is 23.0. The van der Waals surface area contributed by atoms with Crippen LogP contribution in [-0.4, -0.2) is 101 Å². The molecular formula is C52H83N6O6+. The van der Waals surface area contributed by atoms with Crippen molar-refractivity contribution in [3.63, 3.8) is 0 Å². The van der Waals surface area contributed by atoms with E-state index in [9.17, 15) is 20.4 Å². The summed E-state index contributed by atoms with van der Waals surface area (Å²) < 4.78 is 11.2. The maximum Gasteiger partial charge on any atom is 0.208 e. The lowest BCUT2D eigenvalue weighted by molar-refractivity contribution is -0.0554. The summed E-state index contributed by atoms with van der Waals surface area (Å²) in [5.74, 6) is 5.69. The minimum atomic E-state index is -0.933. The van der Waals surface area contributed by atoms with Gasteiger partial charge >= 0.3 is 0 Å². The van der Waals surface area contributed by atoms with Gasteiger partial charge in [0.25, 0.3) is 0 Å². The van der Waals surface area contributed by atoms with Crippen LogP contribution in [0.3, 0.4) is 0 Å². The number of phenolic OH excluding ortho intramolecular Hbond substituents is 1. The number of rotatable bonds is 22. The fourth-order valence-corrected chi connectivity index (χ4v) is 12.7. The number of fused-ring (bicyclic) bond motifs is 3. The lowest BCUT2D eigenvalue weighted by atomic mass is 9.66. The van der Waals surface area contributed by atoms with Gasteiger partial charge in [-0.2, -0.15) is 0 Å². The molecular weight excluding hydrogens is 805 g/mol. The highest BCUT2D eigenvalue weighted by molar-refractivity contribution is 6.03. The Balaban J connectivity index is 0.879. The molecule has 6 aliphatic rings. The van der Waals surface area contributed by atoms with E-state index in [1.54, 1.807) is 13.1 Å². The number of benzene rings is 1. The molecule has 0 aromatic heterocycles. The maximum atomic E-state index is 11.5. The number of allylic oxidation sites excluding steroid dienone is 1. The number of hydrogen-bond donors (Lipinski definition) is 8. The van der Waals surface area contributed by atoms with Crippen molar-refractivity contribution in [3.8, 4) is 11.5 Å². The quantitative estimate of drug-likeness (QED) is 0.0209. The van der Waals surface area contributed by atoms with Gasteiger partial charge < -0.3 is 52.0 Å². The number of nitrogens with one attached hydrogen (secondary N) is 2. The van der Waals surface area contributed by atoms with Crippen LogP contribution in [0.4, 0.5) is 0 Å². The van der Waals surface area contributed by atoms with Crippen molar-refractivity contribution in [2.24, 2.45) is 62.4 Å². The van der Waals surface area contributed by atoms with Crippen LogP contribution in [0.1, 0.15) is 135 Å². The highest BCUT2D eigenvalue weighted by atomic mass is 16.5. The van der Waals surface area contributed by atoms with Gasteiger partial charge in [-0.15, -0.1) is 16.6 Å².